The van der Waals surface area contributed by atoms with E-state index in [0.717, 1.165) is 36.3 Å². The van der Waals surface area contributed by atoms with Crippen molar-refractivity contribution in [3.8, 4) is 5.75 Å². The van der Waals surface area contributed by atoms with Gasteiger partial charge in [-0.15, -0.1) is 0 Å². The number of rotatable bonds is 5. The van der Waals surface area contributed by atoms with Gasteiger partial charge >= 0.3 is 0 Å². The molecule has 0 spiro atoms. The molecule has 1 aromatic carbocycles. The van der Waals surface area contributed by atoms with Crippen LogP contribution in [0, 0.1) is 0 Å². The Kier molecular flexibility index (Phi) is 5.32. The van der Waals surface area contributed by atoms with Crippen molar-refractivity contribution < 1.29 is 13.9 Å². The molecular formula is C21H22N4O3. The van der Waals surface area contributed by atoms with Crippen LogP contribution in [-0.2, 0) is 6.42 Å². The summed E-state index contributed by atoms with van der Waals surface area (Å²) in [5.41, 5.74) is 1.08. The molecular weight excluding hydrogens is 356 g/mol. The predicted molar refractivity (Wildman–Crippen MR) is 102 cm³/mol. The lowest BCUT2D eigenvalue weighted by atomic mass is 10.0. The molecule has 0 bridgehead atoms. The van der Waals surface area contributed by atoms with Crippen molar-refractivity contribution >= 4 is 5.91 Å². The molecule has 7 heteroatoms. The molecule has 1 aliphatic heterocycles. The number of carbonyl (C=O) groups is 1. The largest absolute Gasteiger partial charge is 0.497 e. The van der Waals surface area contributed by atoms with Crippen LogP contribution in [0.25, 0.3) is 0 Å². The summed E-state index contributed by atoms with van der Waals surface area (Å²) < 4.78 is 11.3. The van der Waals surface area contributed by atoms with Gasteiger partial charge in [-0.3, -0.25) is 4.79 Å². The number of ether oxygens (including phenoxy) is 1. The van der Waals surface area contributed by atoms with Crippen LogP contribution in [0.15, 0.2) is 53.3 Å². The maximum Gasteiger partial charge on any atom is 0.292 e. The van der Waals surface area contributed by atoms with Gasteiger partial charge in [0.1, 0.15) is 17.6 Å². The van der Waals surface area contributed by atoms with Crippen molar-refractivity contribution in [2.24, 2.45) is 0 Å². The van der Waals surface area contributed by atoms with Gasteiger partial charge in [0.15, 0.2) is 0 Å². The maximum atomic E-state index is 12.9. The summed E-state index contributed by atoms with van der Waals surface area (Å²) in [6, 6.07) is 9.37. The standard InChI is InChI=1S/C21H22N4O3/c1-27-16-7-4-6-15(12-16)13-17-14-24-20(28-17)18-8-2-3-11-25(18)21(26)19-22-9-5-10-23-19/h4-7,9-10,12,14,18H,2-3,8,11,13H2,1H3/t18-/m0/s1. The Morgan fingerprint density at radius 2 is 2.07 bits per heavy atom. The van der Waals surface area contributed by atoms with Gasteiger partial charge in [-0.1, -0.05) is 12.1 Å². The third kappa shape index (κ3) is 3.88. The number of benzene rings is 1. The SMILES string of the molecule is COc1cccc(Cc2cnc([C@@H]3CCCCN3C(=O)c3ncccn3)o2)c1. The number of likely N-dealkylation sites (tertiary alicyclic amines) is 1. The fourth-order valence-corrected chi connectivity index (χ4v) is 3.51. The summed E-state index contributed by atoms with van der Waals surface area (Å²) in [4.78, 5) is 27.3. The van der Waals surface area contributed by atoms with Gasteiger partial charge in [-0.25, -0.2) is 15.0 Å². The van der Waals surface area contributed by atoms with Crippen LogP contribution in [0.4, 0.5) is 0 Å². The summed E-state index contributed by atoms with van der Waals surface area (Å²) in [5, 5.41) is 0. The molecule has 28 heavy (non-hydrogen) atoms. The van der Waals surface area contributed by atoms with E-state index in [2.05, 4.69) is 15.0 Å². The lowest BCUT2D eigenvalue weighted by Crippen LogP contribution is -2.39. The highest BCUT2D eigenvalue weighted by molar-refractivity contribution is 5.90. The Labute approximate surface area is 163 Å². The number of oxazole rings is 1. The summed E-state index contributed by atoms with van der Waals surface area (Å²) in [5.74, 6) is 2.17. The van der Waals surface area contributed by atoms with Crippen molar-refractivity contribution in [3.05, 3.63) is 72.0 Å². The van der Waals surface area contributed by atoms with Crippen LogP contribution >= 0.6 is 0 Å². The number of aromatic nitrogens is 3. The van der Waals surface area contributed by atoms with Crippen LogP contribution in [0.5, 0.6) is 5.75 Å². The Balaban J connectivity index is 1.53. The molecule has 0 aliphatic carbocycles. The number of hydrogen-bond donors (Lipinski definition) is 0. The highest BCUT2D eigenvalue weighted by atomic mass is 16.5. The highest BCUT2D eigenvalue weighted by Crippen LogP contribution is 2.32. The monoisotopic (exact) mass is 378 g/mol. The van der Waals surface area contributed by atoms with Gasteiger partial charge < -0.3 is 14.1 Å². The van der Waals surface area contributed by atoms with Crippen LogP contribution in [0.2, 0.25) is 0 Å². The molecule has 4 rings (SSSR count). The van der Waals surface area contributed by atoms with Gasteiger partial charge in [0.25, 0.3) is 5.91 Å². The Morgan fingerprint density at radius 1 is 1.21 bits per heavy atom. The zero-order chi connectivity index (χ0) is 19.3. The second kappa shape index (κ2) is 8.21. The maximum absolute atomic E-state index is 12.9. The number of piperidine rings is 1. The van der Waals surface area contributed by atoms with Crippen molar-refractivity contribution in [2.75, 3.05) is 13.7 Å². The minimum absolute atomic E-state index is 0.183. The molecule has 1 aliphatic rings. The fraction of sp³-hybridized carbons (Fsp3) is 0.333. The van der Waals surface area contributed by atoms with E-state index in [4.69, 9.17) is 9.15 Å². The van der Waals surface area contributed by atoms with Crippen LogP contribution < -0.4 is 4.74 Å². The van der Waals surface area contributed by atoms with Gasteiger partial charge in [-0.2, -0.15) is 0 Å². The minimum atomic E-state index is -0.191. The van der Waals surface area contributed by atoms with Crippen LogP contribution in [0.1, 0.15) is 53.1 Å². The van der Waals surface area contributed by atoms with Crippen molar-refractivity contribution in [3.63, 3.8) is 0 Å². The van der Waals surface area contributed by atoms with Crippen LogP contribution in [-0.4, -0.2) is 39.4 Å². The zero-order valence-electron chi connectivity index (χ0n) is 15.7. The molecule has 0 N–H and O–H groups in total. The first-order chi connectivity index (χ1) is 13.7. The molecule has 0 unspecified atom stereocenters. The van der Waals surface area contributed by atoms with Crippen molar-refractivity contribution in [2.45, 2.75) is 31.7 Å². The molecule has 1 atom stereocenters. The summed E-state index contributed by atoms with van der Waals surface area (Å²) in [6.45, 7) is 0.648. The van der Waals surface area contributed by atoms with Gasteiger partial charge in [0, 0.05) is 25.4 Å². The van der Waals surface area contributed by atoms with E-state index in [1.807, 2.05) is 24.3 Å². The van der Waals surface area contributed by atoms with E-state index in [9.17, 15) is 4.79 Å². The summed E-state index contributed by atoms with van der Waals surface area (Å²) in [6.07, 6.45) is 8.31. The van der Waals surface area contributed by atoms with Crippen LogP contribution in [0.3, 0.4) is 0 Å². The molecule has 144 valence electrons. The molecule has 0 saturated carbocycles. The first kappa shape index (κ1) is 18.2. The van der Waals surface area contributed by atoms with Crippen molar-refractivity contribution in [1.82, 2.24) is 19.9 Å². The number of methoxy groups -OCH3 is 1. The molecule has 7 nitrogen and oxygen atoms in total. The lowest BCUT2D eigenvalue weighted by Gasteiger charge is -2.33. The van der Waals surface area contributed by atoms with Gasteiger partial charge in [0.05, 0.1) is 13.3 Å². The number of nitrogens with zero attached hydrogens (tertiary/aromatic N) is 4. The van der Waals surface area contributed by atoms with E-state index < -0.39 is 0 Å². The first-order valence-corrected chi connectivity index (χ1v) is 9.40. The minimum Gasteiger partial charge on any atom is -0.497 e. The van der Waals surface area contributed by atoms with E-state index in [-0.39, 0.29) is 17.8 Å². The van der Waals surface area contributed by atoms with E-state index >= 15 is 0 Å². The zero-order valence-corrected chi connectivity index (χ0v) is 15.7. The first-order valence-electron chi connectivity index (χ1n) is 9.40. The van der Waals surface area contributed by atoms with Crippen molar-refractivity contribution in [1.29, 1.82) is 0 Å². The molecule has 3 heterocycles. The number of hydrogen-bond acceptors (Lipinski definition) is 6. The summed E-state index contributed by atoms with van der Waals surface area (Å²) in [7, 11) is 1.65. The molecule has 1 fully saturated rings. The molecule has 2 aromatic heterocycles. The topological polar surface area (TPSA) is 81.4 Å². The molecule has 1 saturated heterocycles. The number of amides is 1. The fourth-order valence-electron chi connectivity index (χ4n) is 3.51. The Hall–Kier alpha value is -3.22. The second-order valence-corrected chi connectivity index (χ2v) is 6.78. The average Bonchev–Trinajstić information content (AvgIpc) is 3.22. The Morgan fingerprint density at radius 3 is 2.89 bits per heavy atom. The smallest absolute Gasteiger partial charge is 0.292 e. The molecule has 1 amide bonds. The van der Waals surface area contributed by atoms with E-state index in [1.54, 1.807) is 36.7 Å². The molecule has 0 radical (unpaired) electrons. The summed E-state index contributed by atoms with van der Waals surface area (Å²) >= 11 is 0. The van der Waals surface area contributed by atoms with E-state index in [0.29, 0.717) is 18.9 Å². The quantitative estimate of drug-likeness (QED) is 0.677. The van der Waals surface area contributed by atoms with Gasteiger partial charge in [-0.05, 0) is 43.0 Å². The normalized spacial score (nSPS) is 16.8. The Bertz CT molecular complexity index is 942. The predicted octanol–water partition coefficient (Wildman–Crippen LogP) is 3.43. The highest BCUT2D eigenvalue weighted by Gasteiger charge is 2.33. The third-order valence-corrected chi connectivity index (χ3v) is 4.89. The van der Waals surface area contributed by atoms with E-state index in [1.165, 1.54) is 0 Å². The van der Waals surface area contributed by atoms with Gasteiger partial charge in [0.2, 0.25) is 11.7 Å². The lowest BCUT2D eigenvalue weighted by molar-refractivity contribution is 0.0557. The second-order valence-electron chi connectivity index (χ2n) is 6.78. The average molecular weight is 378 g/mol. The number of carbonyl (C=O) groups excluding carboxylic acids is 1. The third-order valence-electron chi connectivity index (χ3n) is 4.89. The molecule has 3 aromatic rings.